The molecule has 1 heterocycles. The lowest BCUT2D eigenvalue weighted by atomic mass is 10.1. The fraction of sp³-hybridized carbons (Fsp3) is 0.308. The van der Waals surface area contributed by atoms with Gasteiger partial charge in [-0.3, -0.25) is 5.32 Å². The summed E-state index contributed by atoms with van der Waals surface area (Å²) in [7, 11) is 0. The van der Waals surface area contributed by atoms with Crippen molar-refractivity contribution < 1.29 is 0 Å². The molecule has 4 nitrogen and oxygen atoms in total. The van der Waals surface area contributed by atoms with E-state index in [4.69, 9.17) is 5.73 Å². The number of hydrogen-bond acceptors (Lipinski definition) is 4. The van der Waals surface area contributed by atoms with E-state index in [-0.39, 0.29) is 6.17 Å². The Labute approximate surface area is 102 Å². The first-order chi connectivity index (χ1) is 8.29. The lowest BCUT2D eigenvalue weighted by Crippen LogP contribution is -2.49. The number of nitrogens with two attached hydrogens (primary N) is 1. The number of aliphatic imine (C=N–C) groups is 1. The topological polar surface area (TPSA) is 62.4 Å². The van der Waals surface area contributed by atoms with Crippen molar-refractivity contribution in [2.45, 2.75) is 19.5 Å². The van der Waals surface area contributed by atoms with E-state index < -0.39 is 0 Å². The summed E-state index contributed by atoms with van der Waals surface area (Å²) < 4.78 is 0. The summed E-state index contributed by atoms with van der Waals surface area (Å²) in [6.07, 6.45) is 3.20. The lowest BCUT2D eigenvalue weighted by molar-refractivity contribution is 0.557. The highest BCUT2D eigenvalue weighted by Gasteiger charge is 2.13. The van der Waals surface area contributed by atoms with Crippen LogP contribution in [0.3, 0.4) is 0 Å². The number of guanidine groups is 1. The van der Waals surface area contributed by atoms with Crippen molar-refractivity contribution in [1.29, 1.82) is 0 Å². The van der Waals surface area contributed by atoms with Gasteiger partial charge in [0, 0.05) is 5.56 Å². The molecule has 0 aromatic heterocycles. The molecule has 1 aromatic rings. The second kappa shape index (κ2) is 5.50. The normalized spacial score (nSPS) is 19.2. The monoisotopic (exact) mass is 230 g/mol. The second-order valence-electron chi connectivity index (χ2n) is 3.99. The van der Waals surface area contributed by atoms with E-state index in [1.165, 1.54) is 0 Å². The number of nitrogens with zero attached hydrogens (tertiary/aromatic N) is 1. The minimum Gasteiger partial charge on any atom is -0.370 e. The van der Waals surface area contributed by atoms with E-state index in [9.17, 15) is 0 Å². The molecule has 17 heavy (non-hydrogen) atoms. The quantitative estimate of drug-likeness (QED) is 0.730. The lowest BCUT2D eigenvalue weighted by Gasteiger charge is -2.22. The molecule has 0 saturated heterocycles. The smallest absolute Gasteiger partial charge is 0.195 e. The minimum atomic E-state index is 0.0580. The first-order valence-electron chi connectivity index (χ1n) is 5.91. The molecule has 4 heteroatoms. The zero-order valence-corrected chi connectivity index (χ0v) is 9.98. The molecule has 1 unspecified atom stereocenters. The second-order valence-corrected chi connectivity index (χ2v) is 3.99. The maximum Gasteiger partial charge on any atom is 0.195 e. The van der Waals surface area contributed by atoms with Crippen molar-refractivity contribution in [2.75, 3.05) is 6.54 Å². The van der Waals surface area contributed by atoms with E-state index in [1.807, 2.05) is 30.3 Å². The number of nitrogens with one attached hydrogen (secondary N) is 2. The summed E-state index contributed by atoms with van der Waals surface area (Å²) >= 11 is 0. The maximum atomic E-state index is 5.78. The van der Waals surface area contributed by atoms with Crippen molar-refractivity contribution in [3.8, 4) is 0 Å². The van der Waals surface area contributed by atoms with E-state index in [0.29, 0.717) is 5.96 Å². The predicted molar refractivity (Wildman–Crippen MR) is 71.3 cm³/mol. The summed E-state index contributed by atoms with van der Waals surface area (Å²) in [4.78, 5) is 4.32. The first kappa shape index (κ1) is 11.7. The molecule has 1 aliphatic heterocycles. The first-order valence-corrected chi connectivity index (χ1v) is 5.91. The van der Waals surface area contributed by atoms with Crippen LogP contribution in [-0.4, -0.2) is 18.7 Å². The number of rotatable bonds is 4. The van der Waals surface area contributed by atoms with E-state index in [2.05, 4.69) is 28.6 Å². The third kappa shape index (κ3) is 3.07. The fourth-order valence-electron chi connectivity index (χ4n) is 1.74. The Hall–Kier alpha value is -1.81. The Morgan fingerprint density at radius 2 is 2.12 bits per heavy atom. The largest absolute Gasteiger partial charge is 0.370 e. The Balaban J connectivity index is 2.17. The molecule has 0 spiro atoms. The zero-order valence-electron chi connectivity index (χ0n) is 9.98. The van der Waals surface area contributed by atoms with Gasteiger partial charge in [0.1, 0.15) is 6.17 Å². The Kier molecular flexibility index (Phi) is 3.77. The van der Waals surface area contributed by atoms with Crippen LogP contribution in [0, 0.1) is 0 Å². The van der Waals surface area contributed by atoms with Gasteiger partial charge in [-0.05, 0) is 19.0 Å². The average Bonchev–Trinajstić information content (AvgIpc) is 2.37. The third-order valence-corrected chi connectivity index (χ3v) is 2.55. The van der Waals surface area contributed by atoms with Crippen LogP contribution in [0.15, 0.2) is 41.4 Å². The van der Waals surface area contributed by atoms with E-state index in [0.717, 1.165) is 24.2 Å². The van der Waals surface area contributed by atoms with Crippen LogP contribution in [0.4, 0.5) is 0 Å². The Bertz CT molecular complexity index is 422. The van der Waals surface area contributed by atoms with Gasteiger partial charge in [0.05, 0.1) is 5.70 Å². The summed E-state index contributed by atoms with van der Waals surface area (Å²) in [5, 5.41) is 6.44. The van der Waals surface area contributed by atoms with Crippen molar-refractivity contribution in [2.24, 2.45) is 10.7 Å². The van der Waals surface area contributed by atoms with Crippen LogP contribution in [0.25, 0.3) is 5.70 Å². The molecule has 0 radical (unpaired) electrons. The molecule has 1 aliphatic rings. The summed E-state index contributed by atoms with van der Waals surface area (Å²) in [5.74, 6) is 0.458. The molecule has 4 N–H and O–H groups in total. The highest BCUT2D eigenvalue weighted by molar-refractivity contribution is 5.87. The molecule has 1 aromatic carbocycles. The fourth-order valence-corrected chi connectivity index (χ4v) is 1.74. The van der Waals surface area contributed by atoms with Crippen LogP contribution in [0.5, 0.6) is 0 Å². The van der Waals surface area contributed by atoms with Crippen LogP contribution < -0.4 is 16.4 Å². The Morgan fingerprint density at radius 3 is 2.82 bits per heavy atom. The molecule has 2 rings (SSSR count). The zero-order chi connectivity index (χ0) is 12.1. The highest BCUT2D eigenvalue weighted by Crippen LogP contribution is 2.17. The van der Waals surface area contributed by atoms with Crippen molar-refractivity contribution >= 4 is 11.7 Å². The van der Waals surface area contributed by atoms with Gasteiger partial charge in [-0.1, -0.05) is 37.3 Å². The maximum absolute atomic E-state index is 5.78. The van der Waals surface area contributed by atoms with Gasteiger partial charge in [-0.15, -0.1) is 0 Å². The molecular formula is C13H18N4. The number of hydrogen-bond donors (Lipinski definition) is 3. The molecule has 0 amide bonds. The van der Waals surface area contributed by atoms with Gasteiger partial charge in [0.15, 0.2) is 5.96 Å². The predicted octanol–water partition coefficient (Wildman–Crippen LogP) is 1.27. The summed E-state index contributed by atoms with van der Waals surface area (Å²) in [6.45, 7) is 3.08. The number of benzene rings is 1. The molecule has 1 atom stereocenters. The van der Waals surface area contributed by atoms with Crippen LogP contribution in [0.1, 0.15) is 18.9 Å². The van der Waals surface area contributed by atoms with Crippen LogP contribution in [0.2, 0.25) is 0 Å². The van der Waals surface area contributed by atoms with E-state index >= 15 is 0 Å². The highest BCUT2D eigenvalue weighted by atomic mass is 15.2. The van der Waals surface area contributed by atoms with Crippen molar-refractivity contribution in [3.05, 3.63) is 42.0 Å². The summed E-state index contributed by atoms with van der Waals surface area (Å²) in [5.41, 5.74) is 7.78. The van der Waals surface area contributed by atoms with Crippen LogP contribution in [-0.2, 0) is 0 Å². The van der Waals surface area contributed by atoms with Gasteiger partial charge in [-0.25, -0.2) is 4.99 Å². The van der Waals surface area contributed by atoms with E-state index in [1.54, 1.807) is 0 Å². The Morgan fingerprint density at radius 1 is 1.35 bits per heavy atom. The van der Waals surface area contributed by atoms with Gasteiger partial charge in [-0.2, -0.15) is 0 Å². The third-order valence-electron chi connectivity index (χ3n) is 2.55. The minimum absolute atomic E-state index is 0.0580. The van der Waals surface area contributed by atoms with Gasteiger partial charge >= 0.3 is 0 Å². The van der Waals surface area contributed by atoms with Gasteiger partial charge in [0.2, 0.25) is 0 Å². The molecule has 90 valence electrons. The molecular weight excluding hydrogens is 212 g/mol. The van der Waals surface area contributed by atoms with Gasteiger partial charge < -0.3 is 11.1 Å². The standard InChI is InChI=1S/C13H18N4/c1-2-8-15-12-9-11(16-13(14)17-12)10-6-4-3-5-7-10/h3-7,9,12,15H,2,8H2,1H3,(H3,14,16,17). The summed E-state index contributed by atoms with van der Waals surface area (Å²) in [6, 6.07) is 10.1. The SMILES string of the molecule is CCCNC1C=C(c2ccccc2)N=C(N)N1. The van der Waals surface area contributed by atoms with Crippen molar-refractivity contribution in [1.82, 2.24) is 10.6 Å². The van der Waals surface area contributed by atoms with Gasteiger partial charge in [0.25, 0.3) is 0 Å². The molecule has 0 fully saturated rings. The molecule has 0 aliphatic carbocycles. The van der Waals surface area contributed by atoms with Crippen LogP contribution >= 0.6 is 0 Å². The molecule has 0 saturated carbocycles. The molecule has 0 bridgehead atoms. The average molecular weight is 230 g/mol. The van der Waals surface area contributed by atoms with Crippen molar-refractivity contribution in [3.63, 3.8) is 0 Å².